The molecule has 0 atom stereocenters. The van der Waals surface area contributed by atoms with Crippen LogP contribution in [0, 0.1) is 5.92 Å². The second kappa shape index (κ2) is 4.52. The Morgan fingerprint density at radius 2 is 1.93 bits per heavy atom. The van der Waals surface area contributed by atoms with Crippen molar-refractivity contribution in [2.24, 2.45) is 5.92 Å². The van der Waals surface area contributed by atoms with Gasteiger partial charge in [0.2, 0.25) is 5.91 Å². The van der Waals surface area contributed by atoms with Gasteiger partial charge in [-0.15, -0.1) is 0 Å². The van der Waals surface area contributed by atoms with Gasteiger partial charge in [-0.05, 0) is 52.7 Å². The third-order valence-corrected chi connectivity index (χ3v) is 3.77. The Kier molecular flexibility index (Phi) is 3.29. The maximum absolute atomic E-state index is 12.0. The van der Waals surface area contributed by atoms with Crippen LogP contribution in [0.3, 0.4) is 0 Å². The summed E-state index contributed by atoms with van der Waals surface area (Å²) in [6.07, 6.45) is 5.90. The Balaban J connectivity index is 1.83. The minimum Gasteiger partial charge on any atom is -0.339 e. The van der Waals surface area contributed by atoms with Crippen LogP contribution in [0.1, 0.15) is 32.1 Å². The summed E-state index contributed by atoms with van der Waals surface area (Å²) in [5.74, 6) is 0.811. The van der Waals surface area contributed by atoms with E-state index in [0.29, 0.717) is 17.9 Å². The normalized spacial score (nSPS) is 30.3. The van der Waals surface area contributed by atoms with Crippen LogP contribution in [0.25, 0.3) is 0 Å². The third-order valence-electron chi connectivity index (χ3n) is 3.77. The van der Waals surface area contributed by atoms with E-state index in [1.807, 2.05) is 0 Å². The van der Waals surface area contributed by atoms with Crippen molar-refractivity contribution in [3.8, 4) is 0 Å². The van der Waals surface area contributed by atoms with Crippen LogP contribution in [0.2, 0.25) is 0 Å². The first-order valence-electron chi connectivity index (χ1n) is 6.13. The molecule has 3 rings (SSSR count). The molecule has 1 aliphatic carbocycles. The van der Waals surface area contributed by atoms with Crippen molar-refractivity contribution in [2.45, 2.75) is 38.1 Å². The lowest BCUT2D eigenvalue weighted by Crippen LogP contribution is -2.52. The highest BCUT2D eigenvalue weighted by Crippen LogP contribution is 2.35. The minimum absolute atomic E-state index is 0.370. The summed E-state index contributed by atoms with van der Waals surface area (Å²) in [6, 6.07) is 0.574. The lowest BCUT2D eigenvalue weighted by molar-refractivity contribution is -0.147. The summed E-state index contributed by atoms with van der Waals surface area (Å²) in [4.78, 5) is 16.3. The zero-order chi connectivity index (χ0) is 10.8. The molecule has 0 N–H and O–H groups in total. The summed E-state index contributed by atoms with van der Waals surface area (Å²) >= 11 is 0. The number of nitrogens with zero attached hydrogens (tertiary/aromatic N) is 2. The zero-order valence-corrected chi connectivity index (χ0v) is 9.91. The van der Waals surface area contributed by atoms with Crippen molar-refractivity contribution >= 4 is 5.91 Å². The maximum atomic E-state index is 12.0. The van der Waals surface area contributed by atoms with Gasteiger partial charge in [0.15, 0.2) is 0 Å². The number of carbonyl (C=O) groups is 1. The first-order chi connectivity index (χ1) is 7.18. The Labute approximate surface area is 92.4 Å². The van der Waals surface area contributed by atoms with Crippen LogP contribution in [0.15, 0.2) is 0 Å². The molecule has 0 unspecified atom stereocenters. The quantitative estimate of drug-likeness (QED) is 0.699. The number of carbonyl (C=O) groups excluding carboxylic acids is 1. The largest absolute Gasteiger partial charge is 0.339 e. The van der Waals surface area contributed by atoms with E-state index in [2.05, 4.69) is 23.9 Å². The van der Waals surface area contributed by atoms with Crippen molar-refractivity contribution < 1.29 is 4.79 Å². The van der Waals surface area contributed by atoms with E-state index in [4.69, 9.17) is 0 Å². The molecule has 0 aromatic heterocycles. The van der Waals surface area contributed by atoms with E-state index in [-0.39, 0.29) is 0 Å². The van der Waals surface area contributed by atoms with E-state index in [9.17, 15) is 4.79 Å². The monoisotopic (exact) mass is 210 g/mol. The molecule has 1 amide bonds. The van der Waals surface area contributed by atoms with Crippen LogP contribution in [0.4, 0.5) is 0 Å². The number of hydrogen-bond donors (Lipinski definition) is 0. The fourth-order valence-electron chi connectivity index (χ4n) is 2.90. The van der Waals surface area contributed by atoms with Gasteiger partial charge in [-0.1, -0.05) is 0 Å². The van der Waals surface area contributed by atoms with E-state index in [1.54, 1.807) is 0 Å². The lowest BCUT2D eigenvalue weighted by Gasteiger charge is -2.44. The summed E-state index contributed by atoms with van der Waals surface area (Å²) in [6.45, 7) is 2.05. The summed E-state index contributed by atoms with van der Waals surface area (Å²) in [5.41, 5.74) is 0. The number of amides is 1. The average Bonchev–Trinajstić information content (AvgIpc) is 2.22. The molecule has 2 aliphatic heterocycles. The molecule has 1 saturated carbocycles. The topological polar surface area (TPSA) is 23.6 Å². The SMILES string of the molecule is CN(C)CCCN1C(=O)C2CCC1CC2. The maximum Gasteiger partial charge on any atom is 0.225 e. The Morgan fingerprint density at radius 3 is 2.47 bits per heavy atom. The van der Waals surface area contributed by atoms with Gasteiger partial charge in [0.25, 0.3) is 0 Å². The standard InChI is InChI=1S/C12H22N2O/c1-13(2)8-3-9-14-11-6-4-10(5-7-11)12(14)15/h10-11H,3-9H2,1-2H3. The van der Waals surface area contributed by atoms with Crippen LogP contribution in [-0.2, 0) is 4.79 Å². The molecule has 2 bridgehead atoms. The second-order valence-corrected chi connectivity index (χ2v) is 5.19. The van der Waals surface area contributed by atoms with Gasteiger partial charge in [-0.25, -0.2) is 0 Å². The number of fused-ring (bicyclic) bond motifs is 3. The highest BCUT2D eigenvalue weighted by Gasteiger charge is 2.39. The van der Waals surface area contributed by atoms with E-state index in [1.165, 1.54) is 12.8 Å². The lowest BCUT2D eigenvalue weighted by atomic mass is 9.79. The van der Waals surface area contributed by atoms with E-state index >= 15 is 0 Å². The predicted octanol–water partition coefficient (Wildman–Crippen LogP) is 1.34. The number of piperidine rings is 2. The number of rotatable bonds is 4. The molecular weight excluding hydrogens is 188 g/mol. The van der Waals surface area contributed by atoms with Gasteiger partial charge in [0.05, 0.1) is 0 Å². The summed E-state index contributed by atoms with van der Waals surface area (Å²) < 4.78 is 0. The van der Waals surface area contributed by atoms with Gasteiger partial charge in [-0.3, -0.25) is 4.79 Å². The molecule has 3 heteroatoms. The molecule has 0 aromatic rings. The molecule has 0 spiro atoms. The highest BCUT2D eigenvalue weighted by molar-refractivity contribution is 5.80. The van der Waals surface area contributed by atoms with Crippen molar-refractivity contribution in [3.05, 3.63) is 0 Å². The molecular formula is C12H22N2O. The molecule has 3 fully saturated rings. The van der Waals surface area contributed by atoms with E-state index in [0.717, 1.165) is 32.4 Å². The second-order valence-electron chi connectivity index (χ2n) is 5.19. The van der Waals surface area contributed by atoms with E-state index < -0.39 is 0 Å². The number of hydrogen-bond acceptors (Lipinski definition) is 2. The third kappa shape index (κ3) is 2.33. The Bertz CT molecular complexity index is 232. The van der Waals surface area contributed by atoms with Gasteiger partial charge in [0, 0.05) is 18.5 Å². The molecule has 2 saturated heterocycles. The molecule has 0 aromatic carbocycles. The van der Waals surface area contributed by atoms with Crippen LogP contribution in [-0.4, -0.2) is 48.9 Å². The fraction of sp³-hybridized carbons (Fsp3) is 0.917. The van der Waals surface area contributed by atoms with Crippen molar-refractivity contribution in [3.63, 3.8) is 0 Å². The van der Waals surface area contributed by atoms with Crippen LogP contribution >= 0.6 is 0 Å². The zero-order valence-electron chi connectivity index (χ0n) is 9.91. The average molecular weight is 210 g/mol. The van der Waals surface area contributed by atoms with Gasteiger partial charge in [-0.2, -0.15) is 0 Å². The highest BCUT2D eigenvalue weighted by atomic mass is 16.2. The minimum atomic E-state index is 0.370. The van der Waals surface area contributed by atoms with Gasteiger partial charge >= 0.3 is 0 Å². The molecule has 3 aliphatic rings. The first-order valence-corrected chi connectivity index (χ1v) is 6.13. The molecule has 0 radical (unpaired) electrons. The van der Waals surface area contributed by atoms with Crippen molar-refractivity contribution in [1.82, 2.24) is 9.80 Å². The van der Waals surface area contributed by atoms with Crippen molar-refractivity contribution in [2.75, 3.05) is 27.2 Å². The molecule has 3 nitrogen and oxygen atoms in total. The smallest absolute Gasteiger partial charge is 0.225 e. The van der Waals surface area contributed by atoms with Crippen LogP contribution in [0.5, 0.6) is 0 Å². The fourth-order valence-corrected chi connectivity index (χ4v) is 2.90. The Morgan fingerprint density at radius 1 is 1.27 bits per heavy atom. The summed E-state index contributed by atoms with van der Waals surface area (Å²) in [5, 5.41) is 0. The van der Waals surface area contributed by atoms with Gasteiger partial charge in [0.1, 0.15) is 0 Å². The molecule has 15 heavy (non-hydrogen) atoms. The summed E-state index contributed by atoms with van der Waals surface area (Å²) in [7, 11) is 4.17. The van der Waals surface area contributed by atoms with Crippen molar-refractivity contribution in [1.29, 1.82) is 0 Å². The first kappa shape index (κ1) is 10.9. The van der Waals surface area contributed by atoms with Crippen LogP contribution < -0.4 is 0 Å². The molecule has 86 valence electrons. The Hall–Kier alpha value is -0.570. The molecule has 2 heterocycles. The predicted molar refractivity (Wildman–Crippen MR) is 60.6 cm³/mol. The van der Waals surface area contributed by atoms with Gasteiger partial charge < -0.3 is 9.80 Å².